The number of rotatable bonds is 2. The molecule has 0 atom stereocenters. The summed E-state index contributed by atoms with van der Waals surface area (Å²) >= 11 is 0. The number of benzene rings is 2. The summed E-state index contributed by atoms with van der Waals surface area (Å²) in [4.78, 5) is 0. The first-order valence-electron chi connectivity index (χ1n) is 7.75. The Morgan fingerprint density at radius 1 is 0.864 bits per heavy atom. The second-order valence-electron chi connectivity index (χ2n) is 6.31. The van der Waals surface area contributed by atoms with Crippen molar-refractivity contribution in [2.75, 3.05) is 0 Å². The number of fused-ring (bicyclic) bond motifs is 2. The monoisotopic (exact) mass is 287 g/mol. The molecule has 3 heteroatoms. The number of hydrogen-bond donors (Lipinski definition) is 0. The molecule has 0 unspecified atom stereocenters. The Morgan fingerprint density at radius 2 is 1.36 bits per heavy atom. The van der Waals surface area contributed by atoms with E-state index in [0.29, 0.717) is 12.8 Å². The summed E-state index contributed by atoms with van der Waals surface area (Å²) < 4.78 is 0. The van der Waals surface area contributed by atoms with E-state index in [4.69, 9.17) is 0 Å². The van der Waals surface area contributed by atoms with Crippen LogP contribution < -0.4 is 0 Å². The van der Waals surface area contributed by atoms with E-state index in [-0.39, 0.29) is 6.04 Å². The van der Waals surface area contributed by atoms with Gasteiger partial charge in [-0.3, -0.25) is 0 Å². The third-order valence-electron chi connectivity index (χ3n) is 4.73. The average Bonchev–Trinajstić information content (AvgIpc) is 3.14. The van der Waals surface area contributed by atoms with Gasteiger partial charge in [0.2, 0.25) is 0 Å². The second kappa shape index (κ2) is 5.06. The van der Waals surface area contributed by atoms with Crippen LogP contribution in [-0.2, 0) is 25.7 Å². The quantitative estimate of drug-likeness (QED) is 0.777. The Balaban J connectivity index is 1.53. The van der Waals surface area contributed by atoms with Gasteiger partial charge in [0.1, 0.15) is 0 Å². The second-order valence-corrected chi connectivity index (χ2v) is 6.31. The van der Waals surface area contributed by atoms with Gasteiger partial charge in [-0.15, -0.1) is 0 Å². The SMILES string of the molecule is N#CC1(/N=N/C2Cc3ccccc3C2)Cc2ccccc2C1. The lowest BCUT2D eigenvalue weighted by Crippen LogP contribution is -2.24. The van der Waals surface area contributed by atoms with E-state index < -0.39 is 5.54 Å². The molecule has 0 aliphatic heterocycles. The maximum absolute atomic E-state index is 9.63. The highest BCUT2D eigenvalue weighted by atomic mass is 15.2. The standard InChI is InChI=1S/C19H17N3/c20-13-19(11-16-7-3-4-8-17(16)12-19)22-21-18-9-14-5-1-2-6-15(14)10-18/h1-8,18H,9-12H2/b22-21+. The maximum atomic E-state index is 9.63. The van der Waals surface area contributed by atoms with Gasteiger partial charge in [-0.1, -0.05) is 48.5 Å². The molecule has 2 aliphatic carbocycles. The molecule has 2 aromatic carbocycles. The molecule has 2 aliphatic rings. The minimum absolute atomic E-state index is 0.186. The van der Waals surface area contributed by atoms with Crippen LogP contribution in [0.4, 0.5) is 0 Å². The molecule has 0 aromatic heterocycles. The Hall–Kier alpha value is -2.47. The number of hydrogen-bond acceptors (Lipinski definition) is 3. The summed E-state index contributed by atoms with van der Waals surface area (Å²) in [5.74, 6) is 0. The van der Waals surface area contributed by atoms with E-state index >= 15 is 0 Å². The maximum Gasteiger partial charge on any atom is 0.175 e. The summed E-state index contributed by atoms with van der Waals surface area (Å²) in [6.45, 7) is 0. The summed E-state index contributed by atoms with van der Waals surface area (Å²) in [6.07, 6.45) is 3.24. The smallest absolute Gasteiger partial charge is 0.175 e. The van der Waals surface area contributed by atoms with Gasteiger partial charge in [0.25, 0.3) is 0 Å². The molecule has 4 rings (SSSR count). The zero-order valence-electron chi connectivity index (χ0n) is 12.4. The first-order valence-corrected chi connectivity index (χ1v) is 7.75. The first-order chi connectivity index (χ1) is 10.8. The van der Waals surface area contributed by atoms with Crippen LogP contribution in [0.3, 0.4) is 0 Å². The van der Waals surface area contributed by atoms with Crippen molar-refractivity contribution in [3.8, 4) is 6.07 Å². The molecule has 0 amide bonds. The molecule has 0 N–H and O–H groups in total. The van der Waals surface area contributed by atoms with Gasteiger partial charge in [-0.05, 0) is 35.1 Å². The topological polar surface area (TPSA) is 48.5 Å². The van der Waals surface area contributed by atoms with Gasteiger partial charge in [-0.25, -0.2) is 0 Å². The van der Waals surface area contributed by atoms with E-state index in [1.165, 1.54) is 22.3 Å². The molecular formula is C19H17N3. The highest BCUT2D eigenvalue weighted by Gasteiger charge is 2.38. The van der Waals surface area contributed by atoms with Crippen LogP contribution in [0.2, 0.25) is 0 Å². The minimum atomic E-state index is -0.696. The largest absolute Gasteiger partial charge is 0.196 e. The molecule has 0 fully saturated rings. The Bertz CT molecular complexity index is 735. The van der Waals surface area contributed by atoms with Crippen LogP contribution in [0.5, 0.6) is 0 Å². The summed E-state index contributed by atoms with van der Waals surface area (Å²) in [5, 5.41) is 18.7. The fourth-order valence-electron chi connectivity index (χ4n) is 3.58. The summed E-state index contributed by atoms with van der Waals surface area (Å²) in [6, 6.07) is 19.3. The van der Waals surface area contributed by atoms with Crippen LogP contribution in [-0.4, -0.2) is 11.6 Å². The molecule has 0 saturated carbocycles. The number of nitriles is 1. The molecule has 0 heterocycles. The van der Waals surface area contributed by atoms with Crippen molar-refractivity contribution in [1.82, 2.24) is 0 Å². The molecular weight excluding hydrogens is 270 g/mol. The van der Waals surface area contributed by atoms with Crippen molar-refractivity contribution in [3.05, 3.63) is 70.8 Å². The molecule has 108 valence electrons. The van der Waals surface area contributed by atoms with Crippen molar-refractivity contribution < 1.29 is 0 Å². The van der Waals surface area contributed by atoms with Gasteiger partial charge in [0.15, 0.2) is 5.54 Å². The van der Waals surface area contributed by atoms with E-state index in [1.807, 2.05) is 12.1 Å². The average molecular weight is 287 g/mol. The third kappa shape index (κ3) is 2.21. The van der Waals surface area contributed by atoms with Crippen molar-refractivity contribution in [2.45, 2.75) is 37.3 Å². The summed E-state index contributed by atoms with van der Waals surface area (Å²) in [5.41, 5.74) is 4.51. The summed E-state index contributed by atoms with van der Waals surface area (Å²) in [7, 11) is 0. The van der Waals surface area contributed by atoms with Crippen LogP contribution in [0.15, 0.2) is 58.8 Å². The van der Waals surface area contributed by atoms with Crippen LogP contribution in [0.1, 0.15) is 22.3 Å². The minimum Gasteiger partial charge on any atom is -0.196 e. The molecule has 0 saturated heterocycles. The molecule has 0 spiro atoms. The lowest BCUT2D eigenvalue weighted by molar-refractivity contribution is 0.513. The predicted octanol–water partition coefficient (Wildman–Crippen LogP) is 3.67. The van der Waals surface area contributed by atoms with Crippen molar-refractivity contribution in [1.29, 1.82) is 5.26 Å². The van der Waals surface area contributed by atoms with Gasteiger partial charge in [0, 0.05) is 12.8 Å². The Morgan fingerprint density at radius 3 is 1.86 bits per heavy atom. The van der Waals surface area contributed by atoms with Crippen LogP contribution in [0.25, 0.3) is 0 Å². The van der Waals surface area contributed by atoms with E-state index in [0.717, 1.165) is 12.8 Å². The molecule has 2 aromatic rings. The van der Waals surface area contributed by atoms with Crippen LogP contribution >= 0.6 is 0 Å². The number of azo groups is 1. The fraction of sp³-hybridized carbons (Fsp3) is 0.316. The highest BCUT2D eigenvalue weighted by molar-refractivity contribution is 5.40. The van der Waals surface area contributed by atoms with Gasteiger partial charge < -0.3 is 0 Å². The molecule has 0 bridgehead atoms. The lowest BCUT2D eigenvalue weighted by atomic mass is 9.99. The molecule has 0 radical (unpaired) electrons. The normalized spacial score (nSPS) is 19.0. The van der Waals surface area contributed by atoms with Gasteiger partial charge in [-0.2, -0.15) is 15.5 Å². The van der Waals surface area contributed by atoms with E-state index in [1.54, 1.807) is 0 Å². The van der Waals surface area contributed by atoms with E-state index in [9.17, 15) is 5.26 Å². The molecule has 3 nitrogen and oxygen atoms in total. The number of nitrogens with zero attached hydrogens (tertiary/aromatic N) is 3. The molecule has 22 heavy (non-hydrogen) atoms. The first kappa shape index (κ1) is 13.2. The van der Waals surface area contributed by atoms with Crippen molar-refractivity contribution >= 4 is 0 Å². The van der Waals surface area contributed by atoms with E-state index in [2.05, 4.69) is 52.7 Å². The van der Waals surface area contributed by atoms with Crippen LogP contribution in [0, 0.1) is 11.3 Å². The van der Waals surface area contributed by atoms with Crippen molar-refractivity contribution in [3.63, 3.8) is 0 Å². The Kier molecular flexibility index (Phi) is 3.04. The zero-order valence-corrected chi connectivity index (χ0v) is 12.4. The highest BCUT2D eigenvalue weighted by Crippen LogP contribution is 2.34. The fourth-order valence-corrected chi connectivity index (χ4v) is 3.58. The Labute approximate surface area is 130 Å². The lowest BCUT2D eigenvalue weighted by Gasteiger charge is -2.13. The van der Waals surface area contributed by atoms with Gasteiger partial charge >= 0.3 is 0 Å². The third-order valence-corrected chi connectivity index (χ3v) is 4.73. The zero-order chi connectivity index (χ0) is 15.0. The predicted molar refractivity (Wildman–Crippen MR) is 84.7 cm³/mol. The van der Waals surface area contributed by atoms with Crippen molar-refractivity contribution in [2.24, 2.45) is 10.2 Å². The van der Waals surface area contributed by atoms with Gasteiger partial charge in [0.05, 0.1) is 12.1 Å².